The number of rotatable bonds is 3. The standard InChI is InChI=1S/C15H18FN3O2.ClH/c1-10-8-11(2-3-12(10)16)13-18-14(21-19-13)15(9-17)4-6-20-7-5-15;/h2-3,8H,4-7,9,17H2,1H3;1H. The first kappa shape index (κ1) is 16.9. The van der Waals surface area contributed by atoms with Gasteiger partial charge in [-0.3, -0.25) is 0 Å². The molecule has 2 heterocycles. The number of ether oxygens (including phenoxy) is 1. The molecule has 5 nitrogen and oxygen atoms in total. The number of hydrogen-bond donors (Lipinski definition) is 1. The molecule has 3 rings (SSSR count). The summed E-state index contributed by atoms with van der Waals surface area (Å²) in [5.74, 6) is 0.767. The zero-order valence-corrected chi connectivity index (χ0v) is 13.2. The maximum Gasteiger partial charge on any atom is 0.234 e. The maximum absolute atomic E-state index is 13.3. The van der Waals surface area contributed by atoms with Crippen molar-refractivity contribution >= 4 is 12.4 Å². The quantitative estimate of drug-likeness (QED) is 0.938. The highest BCUT2D eigenvalue weighted by molar-refractivity contribution is 5.85. The average Bonchev–Trinajstić information content (AvgIpc) is 3.01. The summed E-state index contributed by atoms with van der Waals surface area (Å²) >= 11 is 0. The lowest BCUT2D eigenvalue weighted by molar-refractivity contribution is 0.0409. The summed E-state index contributed by atoms with van der Waals surface area (Å²) in [7, 11) is 0. The van der Waals surface area contributed by atoms with Crippen LogP contribution >= 0.6 is 12.4 Å². The van der Waals surface area contributed by atoms with Crippen LogP contribution in [0, 0.1) is 12.7 Å². The summed E-state index contributed by atoms with van der Waals surface area (Å²) < 4.78 is 24.1. The van der Waals surface area contributed by atoms with Gasteiger partial charge >= 0.3 is 0 Å². The largest absolute Gasteiger partial charge is 0.381 e. The van der Waals surface area contributed by atoms with E-state index in [1.54, 1.807) is 19.1 Å². The van der Waals surface area contributed by atoms with Crippen molar-refractivity contribution in [2.75, 3.05) is 19.8 Å². The Morgan fingerprint density at radius 1 is 1.32 bits per heavy atom. The number of nitrogens with zero attached hydrogens (tertiary/aromatic N) is 2. The van der Waals surface area contributed by atoms with Gasteiger partial charge in [-0.25, -0.2) is 4.39 Å². The Hall–Kier alpha value is -1.50. The molecule has 2 aromatic rings. The van der Waals surface area contributed by atoms with Gasteiger partial charge in [0.05, 0.1) is 5.41 Å². The molecule has 0 saturated carbocycles. The van der Waals surface area contributed by atoms with E-state index < -0.39 is 0 Å². The first-order valence-electron chi connectivity index (χ1n) is 7.03. The van der Waals surface area contributed by atoms with E-state index in [-0.39, 0.29) is 23.6 Å². The van der Waals surface area contributed by atoms with E-state index >= 15 is 0 Å². The summed E-state index contributed by atoms with van der Waals surface area (Å²) in [6.45, 7) is 3.44. The van der Waals surface area contributed by atoms with Gasteiger partial charge in [0.25, 0.3) is 0 Å². The molecule has 0 aliphatic carbocycles. The predicted octanol–water partition coefficient (Wildman–Crippen LogP) is 2.61. The second-order valence-corrected chi connectivity index (χ2v) is 5.48. The fourth-order valence-electron chi connectivity index (χ4n) is 2.61. The fourth-order valence-corrected chi connectivity index (χ4v) is 2.61. The molecule has 0 atom stereocenters. The highest BCUT2D eigenvalue weighted by Gasteiger charge is 2.38. The monoisotopic (exact) mass is 327 g/mol. The van der Waals surface area contributed by atoms with Crippen LogP contribution in [0.4, 0.5) is 4.39 Å². The SMILES string of the molecule is Cc1cc(-c2noc(C3(CN)CCOCC3)n2)ccc1F.Cl. The molecule has 2 N–H and O–H groups in total. The highest BCUT2D eigenvalue weighted by Crippen LogP contribution is 2.33. The Balaban J connectivity index is 0.00000176. The van der Waals surface area contributed by atoms with E-state index in [0.29, 0.717) is 37.0 Å². The Morgan fingerprint density at radius 2 is 2.05 bits per heavy atom. The van der Waals surface area contributed by atoms with Crippen LogP contribution in [0.3, 0.4) is 0 Å². The minimum atomic E-state index is -0.307. The molecule has 0 bridgehead atoms. The molecular formula is C15H19ClFN3O2. The van der Waals surface area contributed by atoms with Crippen molar-refractivity contribution in [3.63, 3.8) is 0 Å². The van der Waals surface area contributed by atoms with Crippen LogP contribution in [0.1, 0.15) is 24.3 Å². The summed E-state index contributed by atoms with van der Waals surface area (Å²) in [5.41, 5.74) is 6.92. The lowest BCUT2D eigenvalue weighted by atomic mass is 9.80. The molecule has 1 saturated heterocycles. The zero-order valence-electron chi connectivity index (χ0n) is 12.3. The molecule has 22 heavy (non-hydrogen) atoms. The third kappa shape index (κ3) is 2.99. The predicted molar refractivity (Wildman–Crippen MR) is 82.5 cm³/mol. The van der Waals surface area contributed by atoms with Crippen LogP contribution in [0.2, 0.25) is 0 Å². The molecule has 0 radical (unpaired) electrons. The van der Waals surface area contributed by atoms with E-state index in [9.17, 15) is 4.39 Å². The lowest BCUT2D eigenvalue weighted by Crippen LogP contribution is -2.40. The number of benzene rings is 1. The van der Waals surface area contributed by atoms with E-state index in [4.69, 9.17) is 15.0 Å². The van der Waals surface area contributed by atoms with Gasteiger partial charge < -0.3 is 15.0 Å². The van der Waals surface area contributed by atoms with E-state index in [0.717, 1.165) is 18.4 Å². The van der Waals surface area contributed by atoms with Crippen LogP contribution in [0.5, 0.6) is 0 Å². The second kappa shape index (κ2) is 6.73. The number of halogens is 2. The molecule has 0 spiro atoms. The van der Waals surface area contributed by atoms with Crippen LogP contribution in [-0.4, -0.2) is 29.9 Å². The van der Waals surface area contributed by atoms with Crippen molar-refractivity contribution in [3.8, 4) is 11.4 Å². The summed E-state index contributed by atoms with van der Waals surface area (Å²) in [6, 6.07) is 4.77. The van der Waals surface area contributed by atoms with Crippen molar-refractivity contribution in [2.24, 2.45) is 5.73 Å². The van der Waals surface area contributed by atoms with Gasteiger partial charge in [-0.1, -0.05) is 5.16 Å². The molecule has 0 amide bonds. The summed E-state index contributed by atoms with van der Waals surface area (Å²) in [5, 5.41) is 4.02. The van der Waals surface area contributed by atoms with E-state index in [1.165, 1.54) is 6.07 Å². The zero-order chi connectivity index (χ0) is 14.9. The van der Waals surface area contributed by atoms with Gasteiger partial charge in [0.2, 0.25) is 11.7 Å². The Morgan fingerprint density at radius 3 is 2.68 bits per heavy atom. The first-order valence-corrected chi connectivity index (χ1v) is 7.03. The molecule has 7 heteroatoms. The van der Waals surface area contributed by atoms with Crippen LogP contribution in [0.15, 0.2) is 22.7 Å². The van der Waals surface area contributed by atoms with Gasteiger partial charge in [0, 0.05) is 25.3 Å². The van der Waals surface area contributed by atoms with Crippen LogP contribution in [-0.2, 0) is 10.2 Å². The molecule has 1 fully saturated rings. The van der Waals surface area contributed by atoms with Gasteiger partial charge in [0.15, 0.2) is 0 Å². The van der Waals surface area contributed by atoms with Crippen LogP contribution in [0.25, 0.3) is 11.4 Å². The van der Waals surface area contributed by atoms with E-state index in [2.05, 4.69) is 10.1 Å². The second-order valence-electron chi connectivity index (χ2n) is 5.48. The molecular weight excluding hydrogens is 309 g/mol. The minimum Gasteiger partial charge on any atom is -0.381 e. The molecule has 120 valence electrons. The van der Waals surface area contributed by atoms with Crippen molar-refractivity contribution < 1.29 is 13.7 Å². The smallest absolute Gasteiger partial charge is 0.234 e. The Kier molecular flexibility index (Phi) is 5.16. The molecule has 1 aromatic heterocycles. The van der Waals surface area contributed by atoms with Gasteiger partial charge in [0.1, 0.15) is 5.82 Å². The van der Waals surface area contributed by atoms with Gasteiger partial charge in [-0.05, 0) is 43.5 Å². The first-order chi connectivity index (χ1) is 10.1. The normalized spacial score (nSPS) is 17.0. The van der Waals surface area contributed by atoms with Crippen molar-refractivity contribution in [2.45, 2.75) is 25.2 Å². The average molecular weight is 328 g/mol. The molecule has 1 aliphatic rings. The van der Waals surface area contributed by atoms with Crippen molar-refractivity contribution in [3.05, 3.63) is 35.5 Å². The number of hydrogen-bond acceptors (Lipinski definition) is 5. The minimum absolute atomic E-state index is 0. The third-order valence-corrected chi connectivity index (χ3v) is 4.14. The lowest BCUT2D eigenvalue weighted by Gasteiger charge is -2.32. The topological polar surface area (TPSA) is 74.2 Å². The van der Waals surface area contributed by atoms with Crippen molar-refractivity contribution in [1.29, 1.82) is 0 Å². The number of aryl methyl sites for hydroxylation is 1. The van der Waals surface area contributed by atoms with Gasteiger partial charge in [-0.2, -0.15) is 4.98 Å². The molecule has 1 aromatic carbocycles. The Bertz CT molecular complexity index is 641. The van der Waals surface area contributed by atoms with Crippen LogP contribution < -0.4 is 5.73 Å². The molecule has 0 unspecified atom stereocenters. The molecule has 1 aliphatic heterocycles. The maximum atomic E-state index is 13.3. The summed E-state index contributed by atoms with van der Waals surface area (Å²) in [6.07, 6.45) is 1.54. The third-order valence-electron chi connectivity index (χ3n) is 4.14. The number of aromatic nitrogens is 2. The number of nitrogens with two attached hydrogens (primary N) is 1. The Labute approximate surface area is 134 Å². The highest BCUT2D eigenvalue weighted by atomic mass is 35.5. The summed E-state index contributed by atoms with van der Waals surface area (Å²) in [4.78, 5) is 4.48. The van der Waals surface area contributed by atoms with Gasteiger partial charge in [-0.15, -0.1) is 12.4 Å². The van der Waals surface area contributed by atoms with Crippen molar-refractivity contribution in [1.82, 2.24) is 10.1 Å². The van der Waals surface area contributed by atoms with E-state index in [1.807, 2.05) is 0 Å². The fraction of sp³-hybridized carbons (Fsp3) is 0.467.